The highest BCUT2D eigenvalue weighted by Gasteiger charge is 2.21. The number of ether oxygens (including phenoxy) is 2. The maximum absolute atomic E-state index is 12.1. The molecule has 4 heteroatoms. The number of hydrogen-bond acceptors (Lipinski definition) is 4. The van der Waals surface area contributed by atoms with Crippen LogP contribution >= 0.6 is 0 Å². The average molecular weight is 306 g/mol. The molecular formula is C18H26O4. The molecule has 0 aliphatic rings. The Hall–Kier alpha value is -1.84. The minimum absolute atomic E-state index is 0.182. The van der Waals surface area contributed by atoms with Crippen LogP contribution in [-0.4, -0.2) is 24.1 Å². The minimum atomic E-state index is -0.331. The molecule has 4 nitrogen and oxygen atoms in total. The molecule has 2 unspecified atom stereocenters. The summed E-state index contributed by atoms with van der Waals surface area (Å²) in [6.07, 6.45) is 2.71. The van der Waals surface area contributed by atoms with Crippen molar-refractivity contribution < 1.29 is 19.1 Å². The number of carbonyl (C=O) groups excluding carboxylic acids is 2. The third kappa shape index (κ3) is 6.29. The fourth-order valence-electron chi connectivity index (χ4n) is 2.13. The first kappa shape index (κ1) is 18.2. The van der Waals surface area contributed by atoms with Gasteiger partial charge in [0.05, 0.1) is 5.56 Å². The van der Waals surface area contributed by atoms with E-state index in [1.165, 1.54) is 0 Å². The SMILES string of the molecule is CCCC(=O)OC(CC)CC(CC)OC(=O)c1ccccc1. The second-order valence-electron chi connectivity index (χ2n) is 5.31. The zero-order chi connectivity index (χ0) is 16.4. The van der Waals surface area contributed by atoms with Crippen LogP contribution in [0.25, 0.3) is 0 Å². The van der Waals surface area contributed by atoms with Gasteiger partial charge in [-0.15, -0.1) is 0 Å². The van der Waals surface area contributed by atoms with Crippen LogP contribution in [-0.2, 0) is 14.3 Å². The molecule has 122 valence electrons. The van der Waals surface area contributed by atoms with Gasteiger partial charge in [0.2, 0.25) is 0 Å². The van der Waals surface area contributed by atoms with E-state index in [1.807, 2.05) is 26.8 Å². The van der Waals surface area contributed by atoms with Crippen LogP contribution in [0, 0.1) is 0 Å². The van der Waals surface area contributed by atoms with Gasteiger partial charge in [0.25, 0.3) is 0 Å². The van der Waals surface area contributed by atoms with Crippen LogP contribution in [0.3, 0.4) is 0 Å². The van der Waals surface area contributed by atoms with Crippen molar-refractivity contribution in [2.45, 2.75) is 65.1 Å². The molecule has 22 heavy (non-hydrogen) atoms. The van der Waals surface area contributed by atoms with Crippen molar-refractivity contribution in [2.75, 3.05) is 0 Å². The molecule has 1 rings (SSSR count). The van der Waals surface area contributed by atoms with E-state index >= 15 is 0 Å². The molecule has 0 aliphatic heterocycles. The van der Waals surface area contributed by atoms with Crippen molar-refractivity contribution >= 4 is 11.9 Å². The molecule has 0 N–H and O–H groups in total. The Morgan fingerprint density at radius 3 is 2.09 bits per heavy atom. The van der Waals surface area contributed by atoms with Crippen LogP contribution in [0.1, 0.15) is 63.2 Å². The summed E-state index contributed by atoms with van der Waals surface area (Å²) in [6.45, 7) is 5.87. The molecule has 0 radical (unpaired) electrons. The highest BCUT2D eigenvalue weighted by atomic mass is 16.6. The second-order valence-corrected chi connectivity index (χ2v) is 5.31. The fourth-order valence-corrected chi connectivity index (χ4v) is 2.13. The third-order valence-electron chi connectivity index (χ3n) is 3.47. The van der Waals surface area contributed by atoms with Gasteiger partial charge >= 0.3 is 11.9 Å². The standard InChI is InChI=1S/C18H26O4/c1-4-10-17(19)21-15(5-2)13-16(6-3)22-18(20)14-11-8-7-9-12-14/h7-9,11-12,15-16H,4-6,10,13H2,1-3H3. The lowest BCUT2D eigenvalue weighted by atomic mass is 10.1. The molecule has 0 aliphatic carbocycles. The van der Waals surface area contributed by atoms with Gasteiger partial charge in [-0.05, 0) is 31.4 Å². The molecule has 1 aromatic rings. The molecule has 0 amide bonds. The van der Waals surface area contributed by atoms with Crippen LogP contribution in [0.5, 0.6) is 0 Å². The van der Waals surface area contributed by atoms with Crippen LogP contribution in [0.4, 0.5) is 0 Å². The number of carbonyl (C=O) groups is 2. The summed E-state index contributed by atoms with van der Waals surface area (Å²) in [6, 6.07) is 8.92. The Morgan fingerprint density at radius 1 is 0.955 bits per heavy atom. The van der Waals surface area contributed by atoms with E-state index in [-0.39, 0.29) is 24.1 Å². The monoisotopic (exact) mass is 306 g/mol. The number of esters is 2. The van der Waals surface area contributed by atoms with Gasteiger partial charge in [0, 0.05) is 12.8 Å². The molecule has 0 aromatic heterocycles. The van der Waals surface area contributed by atoms with E-state index in [4.69, 9.17) is 9.47 Å². The molecular weight excluding hydrogens is 280 g/mol. The lowest BCUT2D eigenvalue weighted by Crippen LogP contribution is -2.26. The first-order valence-electron chi connectivity index (χ1n) is 8.06. The van der Waals surface area contributed by atoms with Gasteiger partial charge in [-0.1, -0.05) is 39.0 Å². The Labute approximate surface area is 132 Å². The lowest BCUT2D eigenvalue weighted by molar-refractivity contribution is -0.150. The Kier molecular flexibility index (Phi) is 8.26. The smallest absolute Gasteiger partial charge is 0.338 e. The van der Waals surface area contributed by atoms with Crippen molar-refractivity contribution in [2.24, 2.45) is 0 Å². The van der Waals surface area contributed by atoms with E-state index < -0.39 is 0 Å². The van der Waals surface area contributed by atoms with Gasteiger partial charge in [0.1, 0.15) is 12.2 Å². The number of benzene rings is 1. The second kappa shape index (κ2) is 9.98. The normalized spacial score (nSPS) is 13.2. The van der Waals surface area contributed by atoms with E-state index in [0.717, 1.165) is 12.8 Å². The molecule has 0 fully saturated rings. The van der Waals surface area contributed by atoms with Crippen molar-refractivity contribution in [1.29, 1.82) is 0 Å². The quantitative estimate of drug-likeness (QED) is 0.644. The van der Waals surface area contributed by atoms with Gasteiger partial charge < -0.3 is 9.47 Å². The first-order chi connectivity index (χ1) is 10.6. The highest BCUT2D eigenvalue weighted by molar-refractivity contribution is 5.89. The largest absolute Gasteiger partial charge is 0.462 e. The zero-order valence-electron chi connectivity index (χ0n) is 13.7. The number of rotatable bonds is 9. The Morgan fingerprint density at radius 2 is 1.55 bits per heavy atom. The average Bonchev–Trinajstić information content (AvgIpc) is 2.54. The molecule has 0 spiro atoms. The van der Waals surface area contributed by atoms with Crippen molar-refractivity contribution in [3.05, 3.63) is 35.9 Å². The molecule has 0 saturated heterocycles. The van der Waals surface area contributed by atoms with Gasteiger partial charge in [-0.3, -0.25) is 4.79 Å². The Bertz CT molecular complexity index is 455. The van der Waals surface area contributed by atoms with Crippen LogP contribution < -0.4 is 0 Å². The summed E-state index contributed by atoms with van der Waals surface area (Å²) >= 11 is 0. The van der Waals surface area contributed by atoms with Crippen molar-refractivity contribution in [3.63, 3.8) is 0 Å². The van der Waals surface area contributed by atoms with E-state index in [2.05, 4.69) is 0 Å². The topological polar surface area (TPSA) is 52.6 Å². The van der Waals surface area contributed by atoms with E-state index in [1.54, 1.807) is 24.3 Å². The maximum Gasteiger partial charge on any atom is 0.338 e. The Balaban J connectivity index is 2.55. The predicted molar refractivity (Wildman–Crippen MR) is 85.6 cm³/mol. The van der Waals surface area contributed by atoms with Crippen molar-refractivity contribution in [1.82, 2.24) is 0 Å². The van der Waals surface area contributed by atoms with Crippen molar-refractivity contribution in [3.8, 4) is 0 Å². The zero-order valence-corrected chi connectivity index (χ0v) is 13.7. The summed E-state index contributed by atoms with van der Waals surface area (Å²) in [7, 11) is 0. The van der Waals surface area contributed by atoms with Gasteiger partial charge in [0.15, 0.2) is 0 Å². The minimum Gasteiger partial charge on any atom is -0.462 e. The van der Waals surface area contributed by atoms with Gasteiger partial charge in [-0.2, -0.15) is 0 Å². The van der Waals surface area contributed by atoms with Gasteiger partial charge in [-0.25, -0.2) is 4.79 Å². The summed E-state index contributed by atoms with van der Waals surface area (Å²) in [5.41, 5.74) is 0.539. The molecule has 1 aromatic carbocycles. The summed E-state index contributed by atoms with van der Waals surface area (Å²) < 4.78 is 11.0. The number of hydrogen-bond donors (Lipinski definition) is 0. The predicted octanol–water partition coefficient (Wildman–Crippen LogP) is 4.13. The first-order valence-corrected chi connectivity index (χ1v) is 8.06. The summed E-state index contributed by atoms with van der Waals surface area (Å²) in [4.78, 5) is 23.7. The maximum atomic E-state index is 12.1. The van der Waals surface area contributed by atoms with E-state index in [0.29, 0.717) is 24.8 Å². The fraction of sp³-hybridized carbons (Fsp3) is 0.556. The molecule has 0 saturated carbocycles. The summed E-state index contributed by atoms with van der Waals surface area (Å²) in [5.74, 6) is -0.513. The molecule has 2 atom stereocenters. The highest BCUT2D eigenvalue weighted by Crippen LogP contribution is 2.16. The summed E-state index contributed by atoms with van der Waals surface area (Å²) in [5, 5.41) is 0. The molecule has 0 heterocycles. The molecule has 0 bridgehead atoms. The van der Waals surface area contributed by atoms with E-state index in [9.17, 15) is 9.59 Å². The third-order valence-corrected chi connectivity index (χ3v) is 3.47. The van der Waals surface area contributed by atoms with Crippen LogP contribution in [0.15, 0.2) is 30.3 Å². The van der Waals surface area contributed by atoms with Crippen LogP contribution in [0.2, 0.25) is 0 Å². The lowest BCUT2D eigenvalue weighted by Gasteiger charge is -2.22.